The highest BCUT2D eigenvalue weighted by molar-refractivity contribution is 5.72. The highest BCUT2D eigenvalue weighted by Gasteiger charge is 2.11. The summed E-state index contributed by atoms with van der Waals surface area (Å²) in [5.74, 6) is -0.909. The number of rotatable bonds is 6. The summed E-state index contributed by atoms with van der Waals surface area (Å²) in [7, 11) is 0. The lowest BCUT2D eigenvalue weighted by atomic mass is 10.1. The van der Waals surface area contributed by atoms with Gasteiger partial charge in [0.05, 0.1) is 0 Å². The Morgan fingerprint density at radius 1 is 1.43 bits per heavy atom. The Kier molecular flexibility index (Phi) is 5.72. The Balaban J connectivity index is 3.35. The first kappa shape index (κ1) is 13.4. The summed E-state index contributed by atoms with van der Waals surface area (Å²) in [4.78, 5) is 10.4. The fourth-order valence-electron chi connectivity index (χ4n) is 1.08. The summed E-state index contributed by atoms with van der Waals surface area (Å²) in [5.41, 5.74) is 5.50. The molecule has 1 unspecified atom stereocenters. The molecule has 4 nitrogen and oxygen atoms in total. The third-order valence-electron chi connectivity index (χ3n) is 1.91. The molecule has 0 aliphatic carbocycles. The normalized spacial score (nSPS) is 14.0. The molecule has 0 spiro atoms. The summed E-state index contributed by atoms with van der Waals surface area (Å²) in [6.45, 7) is 7.23. The first-order valence-corrected chi connectivity index (χ1v) is 5.06. The maximum atomic E-state index is 10.4. The Labute approximate surface area is 85.9 Å². The summed E-state index contributed by atoms with van der Waals surface area (Å²) in [6.07, 6.45) is 2.38. The lowest BCUT2D eigenvalue weighted by Crippen LogP contribution is -2.36. The molecule has 0 aliphatic heterocycles. The Hall–Kier alpha value is -0.610. The number of carboxylic acid groups (broad SMARTS) is 1. The van der Waals surface area contributed by atoms with Gasteiger partial charge in [-0.3, -0.25) is 4.79 Å². The van der Waals surface area contributed by atoms with Gasteiger partial charge in [-0.25, -0.2) is 0 Å². The van der Waals surface area contributed by atoms with Crippen molar-refractivity contribution in [3.8, 4) is 0 Å². The molecule has 4 N–H and O–H groups in total. The zero-order valence-corrected chi connectivity index (χ0v) is 9.34. The summed E-state index contributed by atoms with van der Waals surface area (Å²) in [6, 6.07) is -0.704. The molecule has 0 aromatic heterocycles. The van der Waals surface area contributed by atoms with Crippen LogP contribution in [0.4, 0.5) is 0 Å². The number of unbranched alkanes of at least 4 members (excludes halogenated alkanes) is 1. The fourth-order valence-corrected chi connectivity index (χ4v) is 1.08. The zero-order chi connectivity index (χ0) is 11.2. The standard InChI is InChI=1S/C10H22N2O2/c1-10(2,3)12-7-5-4-6-8(11)9(13)14/h8,12H,4-7,11H2,1-3H3,(H,13,14). The van der Waals surface area contributed by atoms with Crippen LogP contribution in [0.25, 0.3) is 0 Å². The largest absolute Gasteiger partial charge is 0.480 e. The second kappa shape index (κ2) is 5.98. The van der Waals surface area contributed by atoms with Crippen molar-refractivity contribution in [1.82, 2.24) is 5.32 Å². The molecule has 0 saturated heterocycles. The molecule has 0 aromatic rings. The minimum absolute atomic E-state index is 0.134. The maximum absolute atomic E-state index is 10.4. The third-order valence-corrected chi connectivity index (χ3v) is 1.91. The SMILES string of the molecule is CC(C)(C)NCCCCC(N)C(=O)O. The second-order valence-electron chi connectivity index (χ2n) is 4.62. The number of nitrogens with one attached hydrogen (secondary N) is 1. The molecule has 0 aliphatic rings. The van der Waals surface area contributed by atoms with Crippen LogP contribution < -0.4 is 11.1 Å². The fraction of sp³-hybridized carbons (Fsp3) is 0.900. The highest BCUT2D eigenvalue weighted by Crippen LogP contribution is 2.02. The average Bonchev–Trinajstić information content (AvgIpc) is 2.01. The first-order chi connectivity index (χ1) is 6.33. The van der Waals surface area contributed by atoms with Gasteiger partial charge >= 0.3 is 5.97 Å². The van der Waals surface area contributed by atoms with Crippen LogP contribution in [0.15, 0.2) is 0 Å². The molecular formula is C10H22N2O2. The number of hydrogen-bond donors (Lipinski definition) is 3. The van der Waals surface area contributed by atoms with Crippen molar-refractivity contribution in [2.45, 2.75) is 51.6 Å². The Morgan fingerprint density at radius 3 is 2.43 bits per heavy atom. The van der Waals surface area contributed by atoms with Crippen molar-refractivity contribution in [2.75, 3.05) is 6.54 Å². The van der Waals surface area contributed by atoms with Crippen LogP contribution in [0.1, 0.15) is 40.0 Å². The van der Waals surface area contributed by atoms with E-state index in [0.717, 1.165) is 19.4 Å². The topological polar surface area (TPSA) is 75.3 Å². The molecule has 84 valence electrons. The highest BCUT2D eigenvalue weighted by atomic mass is 16.4. The third kappa shape index (κ3) is 8.01. The molecule has 0 bridgehead atoms. The van der Waals surface area contributed by atoms with E-state index in [-0.39, 0.29) is 5.54 Å². The van der Waals surface area contributed by atoms with E-state index >= 15 is 0 Å². The Morgan fingerprint density at radius 2 is 2.00 bits per heavy atom. The van der Waals surface area contributed by atoms with Crippen molar-refractivity contribution in [3.63, 3.8) is 0 Å². The van der Waals surface area contributed by atoms with Gasteiger partial charge in [0.25, 0.3) is 0 Å². The van der Waals surface area contributed by atoms with Crippen molar-refractivity contribution in [2.24, 2.45) is 5.73 Å². The first-order valence-electron chi connectivity index (χ1n) is 5.06. The van der Waals surface area contributed by atoms with E-state index < -0.39 is 12.0 Å². The van der Waals surface area contributed by atoms with E-state index in [1.54, 1.807) is 0 Å². The molecule has 0 fully saturated rings. The molecule has 0 rings (SSSR count). The van der Waals surface area contributed by atoms with Gasteiger partial charge in [0.2, 0.25) is 0 Å². The van der Waals surface area contributed by atoms with Gasteiger partial charge in [0.1, 0.15) is 6.04 Å². The average molecular weight is 202 g/mol. The second-order valence-corrected chi connectivity index (χ2v) is 4.62. The van der Waals surface area contributed by atoms with Gasteiger partial charge in [-0.05, 0) is 40.2 Å². The molecule has 0 amide bonds. The number of aliphatic carboxylic acids is 1. The number of carbonyl (C=O) groups is 1. The van der Waals surface area contributed by atoms with E-state index in [9.17, 15) is 4.79 Å². The maximum Gasteiger partial charge on any atom is 0.320 e. The molecule has 0 saturated carbocycles. The molecular weight excluding hydrogens is 180 g/mol. The lowest BCUT2D eigenvalue weighted by Gasteiger charge is -2.20. The minimum Gasteiger partial charge on any atom is -0.480 e. The minimum atomic E-state index is -0.909. The summed E-state index contributed by atoms with van der Waals surface area (Å²) in [5, 5.41) is 11.9. The van der Waals surface area contributed by atoms with Crippen molar-refractivity contribution in [3.05, 3.63) is 0 Å². The van der Waals surface area contributed by atoms with Crippen LogP contribution in [0, 0.1) is 0 Å². The van der Waals surface area contributed by atoms with Crippen LogP contribution in [0.3, 0.4) is 0 Å². The van der Waals surface area contributed by atoms with E-state index in [0.29, 0.717) is 6.42 Å². The number of carboxylic acids is 1. The van der Waals surface area contributed by atoms with Crippen molar-refractivity contribution >= 4 is 5.97 Å². The molecule has 14 heavy (non-hydrogen) atoms. The van der Waals surface area contributed by atoms with Gasteiger partial charge in [-0.2, -0.15) is 0 Å². The summed E-state index contributed by atoms with van der Waals surface area (Å²) >= 11 is 0. The van der Waals surface area contributed by atoms with Crippen LogP contribution in [0.2, 0.25) is 0 Å². The van der Waals surface area contributed by atoms with Crippen LogP contribution in [0.5, 0.6) is 0 Å². The van der Waals surface area contributed by atoms with Crippen molar-refractivity contribution in [1.29, 1.82) is 0 Å². The Bertz CT molecular complexity index is 175. The lowest BCUT2D eigenvalue weighted by molar-refractivity contribution is -0.138. The van der Waals surface area contributed by atoms with Gasteiger partial charge in [-0.1, -0.05) is 6.42 Å². The van der Waals surface area contributed by atoms with E-state index in [4.69, 9.17) is 10.8 Å². The summed E-state index contributed by atoms with van der Waals surface area (Å²) < 4.78 is 0. The smallest absolute Gasteiger partial charge is 0.320 e. The van der Waals surface area contributed by atoms with Crippen LogP contribution in [-0.2, 0) is 4.79 Å². The quantitative estimate of drug-likeness (QED) is 0.561. The van der Waals surface area contributed by atoms with Gasteiger partial charge in [0.15, 0.2) is 0 Å². The predicted octanol–water partition coefficient (Wildman–Crippen LogP) is 0.957. The molecule has 1 atom stereocenters. The van der Waals surface area contributed by atoms with Gasteiger partial charge in [-0.15, -0.1) is 0 Å². The van der Waals surface area contributed by atoms with Crippen LogP contribution in [-0.4, -0.2) is 29.2 Å². The molecule has 0 heterocycles. The van der Waals surface area contributed by atoms with Gasteiger partial charge < -0.3 is 16.2 Å². The van der Waals surface area contributed by atoms with E-state index in [2.05, 4.69) is 26.1 Å². The number of hydrogen-bond acceptors (Lipinski definition) is 3. The predicted molar refractivity (Wildman–Crippen MR) is 57.2 cm³/mol. The molecule has 4 heteroatoms. The van der Waals surface area contributed by atoms with E-state index in [1.165, 1.54) is 0 Å². The van der Waals surface area contributed by atoms with Crippen LogP contribution >= 0.6 is 0 Å². The van der Waals surface area contributed by atoms with E-state index in [1.807, 2.05) is 0 Å². The number of nitrogens with two attached hydrogens (primary N) is 1. The molecule has 0 aromatic carbocycles. The van der Waals surface area contributed by atoms with Gasteiger partial charge in [0, 0.05) is 5.54 Å². The molecule has 0 radical (unpaired) electrons. The monoisotopic (exact) mass is 202 g/mol. The van der Waals surface area contributed by atoms with Crippen molar-refractivity contribution < 1.29 is 9.90 Å². The zero-order valence-electron chi connectivity index (χ0n) is 9.34.